The molecular weight excluding hydrogens is 382 g/mol. The lowest BCUT2D eigenvalue weighted by Crippen LogP contribution is -2.26. The Kier molecular flexibility index (Phi) is 5.57. The number of nitrogens with zero attached hydrogens (tertiary/aromatic N) is 1. The van der Waals surface area contributed by atoms with Crippen LogP contribution in [0.25, 0.3) is 0 Å². The van der Waals surface area contributed by atoms with Crippen molar-refractivity contribution in [1.82, 2.24) is 10.3 Å². The van der Waals surface area contributed by atoms with Crippen LogP contribution >= 0.6 is 11.3 Å². The van der Waals surface area contributed by atoms with E-state index in [0.717, 1.165) is 11.8 Å². The molecule has 0 aliphatic rings. The number of hydrogen-bond acceptors (Lipinski definition) is 6. The topological polar surface area (TPSA) is 88.2 Å². The lowest BCUT2D eigenvalue weighted by Gasteiger charge is -2.13. The Morgan fingerprint density at radius 2 is 1.74 bits per heavy atom. The first-order valence-corrected chi connectivity index (χ1v) is 11.0. The molecule has 8 heteroatoms. The number of carbonyl (C=O) groups excluding carboxylic acids is 1. The molecule has 0 bridgehead atoms. The van der Waals surface area contributed by atoms with Crippen LogP contribution in [-0.4, -0.2) is 25.6 Å². The molecule has 6 nitrogen and oxygen atoms in total. The molecule has 0 saturated carbocycles. The van der Waals surface area contributed by atoms with Crippen molar-refractivity contribution < 1.29 is 13.2 Å². The molecule has 0 aliphatic heterocycles. The summed E-state index contributed by atoms with van der Waals surface area (Å²) in [5.74, 6) is -0.247. The molecule has 1 heterocycles. The largest absolute Gasteiger partial charge is 0.344 e. The van der Waals surface area contributed by atoms with E-state index in [2.05, 4.69) is 15.6 Å². The Morgan fingerprint density at radius 3 is 2.37 bits per heavy atom. The Labute approximate surface area is 162 Å². The number of benzene rings is 2. The summed E-state index contributed by atoms with van der Waals surface area (Å²) >= 11 is 1.30. The molecule has 2 aromatic carbocycles. The lowest BCUT2D eigenvalue weighted by molar-refractivity contribution is 0.0935. The van der Waals surface area contributed by atoms with Crippen LogP contribution in [0.2, 0.25) is 0 Å². The number of amides is 1. The summed E-state index contributed by atoms with van der Waals surface area (Å²) in [5.41, 5.74) is 2.05. The summed E-state index contributed by atoms with van der Waals surface area (Å²) in [7, 11) is -3.23. The number of hydrogen-bond donors (Lipinski definition) is 2. The van der Waals surface area contributed by atoms with Crippen LogP contribution in [0.5, 0.6) is 0 Å². The fraction of sp³-hybridized carbons (Fsp3) is 0.158. The Hall–Kier alpha value is -2.71. The van der Waals surface area contributed by atoms with Gasteiger partial charge in [-0.2, -0.15) is 0 Å². The summed E-state index contributed by atoms with van der Waals surface area (Å²) in [6.07, 6.45) is 1.16. The van der Waals surface area contributed by atoms with Crippen LogP contribution in [0.4, 0.5) is 10.8 Å². The summed E-state index contributed by atoms with van der Waals surface area (Å²) in [5, 5.41) is 8.24. The summed E-state index contributed by atoms with van der Waals surface area (Å²) < 4.78 is 23.0. The van der Waals surface area contributed by atoms with Gasteiger partial charge in [-0.05, 0) is 36.8 Å². The van der Waals surface area contributed by atoms with E-state index in [1.54, 1.807) is 17.5 Å². The second kappa shape index (κ2) is 7.89. The van der Waals surface area contributed by atoms with Gasteiger partial charge in [-0.1, -0.05) is 30.3 Å². The highest BCUT2D eigenvalue weighted by Gasteiger charge is 2.15. The van der Waals surface area contributed by atoms with Crippen molar-refractivity contribution in [3.05, 3.63) is 71.2 Å². The lowest BCUT2D eigenvalue weighted by atomic mass is 10.1. The normalized spacial score (nSPS) is 12.4. The van der Waals surface area contributed by atoms with Crippen LogP contribution in [0.3, 0.4) is 0 Å². The number of rotatable bonds is 6. The number of nitrogens with one attached hydrogen (secondary N) is 2. The SMILES string of the molecule is CC(NC(=O)c1csc(Nc2ccc(S(C)(=O)=O)cc2)n1)c1ccccc1. The molecule has 1 atom stereocenters. The summed E-state index contributed by atoms with van der Waals surface area (Å²) in [4.78, 5) is 16.9. The molecule has 0 fully saturated rings. The zero-order valence-electron chi connectivity index (χ0n) is 14.8. The van der Waals surface area contributed by atoms with E-state index in [1.165, 1.54) is 23.5 Å². The first-order chi connectivity index (χ1) is 12.8. The van der Waals surface area contributed by atoms with Gasteiger partial charge < -0.3 is 10.6 Å². The average molecular weight is 402 g/mol. The maximum atomic E-state index is 12.4. The van der Waals surface area contributed by atoms with Gasteiger partial charge in [0, 0.05) is 17.3 Å². The van der Waals surface area contributed by atoms with Gasteiger partial charge in [-0.15, -0.1) is 11.3 Å². The van der Waals surface area contributed by atoms with Gasteiger partial charge >= 0.3 is 0 Å². The first kappa shape index (κ1) is 19.1. The third kappa shape index (κ3) is 4.93. The van der Waals surface area contributed by atoms with Gasteiger partial charge in [-0.3, -0.25) is 4.79 Å². The van der Waals surface area contributed by atoms with Gasteiger partial charge in [0.25, 0.3) is 5.91 Å². The molecule has 0 saturated heterocycles. The minimum Gasteiger partial charge on any atom is -0.344 e. The van der Waals surface area contributed by atoms with Gasteiger partial charge in [0.2, 0.25) is 0 Å². The Morgan fingerprint density at radius 1 is 1.07 bits per heavy atom. The minimum absolute atomic E-state index is 0.125. The zero-order chi connectivity index (χ0) is 19.4. The average Bonchev–Trinajstić information content (AvgIpc) is 3.11. The van der Waals surface area contributed by atoms with Crippen LogP contribution in [0.1, 0.15) is 29.0 Å². The second-order valence-corrected chi connectivity index (χ2v) is 8.94. The molecule has 1 aromatic heterocycles. The van der Waals surface area contributed by atoms with Crippen molar-refractivity contribution in [2.45, 2.75) is 17.9 Å². The van der Waals surface area contributed by atoms with Crippen LogP contribution in [0.15, 0.2) is 64.9 Å². The maximum absolute atomic E-state index is 12.4. The van der Waals surface area contributed by atoms with Gasteiger partial charge in [0.1, 0.15) is 5.69 Å². The Bertz CT molecular complexity index is 1030. The highest BCUT2D eigenvalue weighted by Crippen LogP contribution is 2.23. The molecule has 27 heavy (non-hydrogen) atoms. The van der Waals surface area contributed by atoms with Gasteiger partial charge in [-0.25, -0.2) is 13.4 Å². The molecule has 140 valence electrons. The van der Waals surface area contributed by atoms with E-state index < -0.39 is 9.84 Å². The van der Waals surface area contributed by atoms with Crippen molar-refractivity contribution in [1.29, 1.82) is 0 Å². The summed E-state index contributed by atoms with van der Waals surface area (Å²) in [6.45, 7) is 1.92. The zero-order valence-corrected chi connectivity index (χ0v) is 16.5. The molecule has 3 aromatic rings. The van der Waals surface area contributed by atoms with E-state index in [-0.39, 0.29) is 16.8 Å². The third-order valence-corrected chi connectivity index (χ3v) is 5.80. The van der Waals surface area contributed by atoms with Crippen molar-refractivity contribution in [3.63, 3.8) is 0 Å². The smallest absolute Gasteiger partial charge is 0.271 e. The maximum Gasteiger partial charge on any atom is 0.271 e. The number of sulfone groups is 1. The molecule has 1 unspecified atom stereocenters. The number of carbonyl (C=O) groups is 1. The van der Waals surface area contributed by atoms with Crippen LogP contribution in [0, 0.1) is 0 Å². The van der Waals surface area contributed by atoms with Crippen molar-refractivity contribution in [3.8, 4) is 0 Å². The highest BCUT2D eigenvalue weighted by atomic mass is 32.2. The monoisotopic (exact) mass is 401 g/mol. The molecule has 2 N–H and O–H groups in total. The van der Waals surface area contributed by atoms with E-state index in [0.29, 0.717) is 16.5 Å². The van der Waals surface area contributed by atoms with E-state index in [4.69, 9.17) is 0 Å². The number of anilines is 2. The van der Waals surface area contributed by atoms with E-state index in [9.17, 15) is 13.2 Å². The van der Waals surface area contributed by atoms with Crippen LogP contribution in [-0.2, 0) is 9.84 Å². The minimum atomic E-state index is -3.23. The first-order valence-electron chi connectivity index (χ1n) is 8.21. The molecule has 3 rings (SSSR count). The molecule has 1 amide bonds. The fourth-order valence-corrected chi connectivity index (χ4v) is 3.78. The third-order valence-electron chi connectivity index (χ3n) is 3.92. The predicted molar refractivity (Wildman–Crippen MR) is 107 cm³/mol. The second-order valence-electron chi connectivity index (χ2n) is 6.07. The molecule has 0 spiro atoms. The molecular formula is C19H19N3O3S2. The van der Waals surface area contributed by atoms with Gasteiger partial charge in [0.05, 0.1) is 10.9 Å². The number of thiazole rings is 1. The predicted octanol–water partition coefficient (Wildman–Crippen LogP) is 3.78. The standard InChI is InChI=1S/C19H19N3O3S2/c1-13(14-6-4-3-5-7-14)20-18(23)17-12-26-19(22-17)21-15-8-10-16(11-9-15)27(2,24)25/h3-13H,1-2H3,(H,20,23)(H,21,22). The van der Waals surface area contributed by atoms with Crippen molar-refractivity contribution in [2.24, 2.45) is 0 Å². The van der Waals surface area contributed by atoms with E-state index in [1.807, 2.05) is 37.3 Å². The fourth-order valence-electron chi connectivity index (χ4n) is 2.44. The molecule has 0 aliphatic carbocycles. The quantitative estimate of drug-likeness (QED) is 0.656. The summed E-state index contributed by atoms with van der Waals surface area (Å²) in [6, 6.07) is 16.0. The van der Waals surface area contributed by atoms with E-state index >= 15 is 0 Å². The van der Waals surface area contributed by atoms with Crippen molar-refractivity contribution in [2.75, 3.05) is 11.6 Å². The van der Waals surface area contributed by atoms with Crippen LogP contribution < -0.4 is 10.6 Å². The number of aromatic nitrogens is 1. The molecule has 0 radical (unpaired) electrons. The van der Waals surface area contributed by atoms with Crippen molar-refractivity contribution >= 4 is 37.9 Å². The highest BCUT2D eigenvalue weighted by molar-refractivity contribution is 7.90. The Balaban J connectivity index is 1.65. The van der Waals surface area contributed by atoms with Gasteiger partial charge in [0.15, 0.2) is 15.0 Å².